The fourth-order valence-corrected chi connectivity index (χ4v) is 2.15. The van der Waals surface area contributed by atoms with Crippen molar-refractivity contribution in [1.82, 2.24) is 0 Å². The average molecular weight is 338 g/mol. The molecular formula is C15H13BrFNO2. The molecular weight excluding hydrogens is 325 g/mol. The van der Waals surface area contributed by atoms with Crippen molar-refractivity contribution in [3.05, 3.63) is 58.3 Å². The van der Waals surface area contributed by atoms with E-state index in [1.165, 1.54) is 13.2 Å². The van der Waals surface area contributed by atoms with E-state index in [0.29, 0.717) is 17.0 Å². The number of nitrogens with one attached hydrogen (secondary N) is 1. The van der Waals surface area contributed by atoms with Gasteiger partial charge in [0, 0.05) is 4.47 Å². The van der Waals surface area contributed by atoms with Gasteiger partial charge in [-0.15, -0.1) is 0 Å². The van der Waals surface area contributed by atoms with Crippen LogP contribution in [0.15, 0.2) is 46.9 Å². The van der Waals surface area contributed by atoms with E-state index in [2.05, 4.69) is 21.2 Å². The Balaban J connectivity index is 2.12. The maximum absolute atomic E-state index is 13.5. The maximum atomic E-state index is 13.5. The lowest BCUT2D eigenvalue weighted by molar-refractivity contribution is -0.115. The van der Waals surface area contributed by atoms with Gasteiger partial charge in [-0.1, -0.05) is 34.1 Å². The summed E-state index contributed by atoms with van der Waals surface area (Å²) in [5.41, 5.74) is 0.905. The van der Waals surface area contributed by atoms with E-state index in [0.717, 1.165) is 4.47 Å². The Morgan fingerprint density at radius 3 is 2.75 bits per heavy atom. The number of hydrogen-bond acceptors (Lipinski definition) is 2. The predicted octanol–water partition coefficient (Wildman–Crippen LogP) is 3.78. The van der Waals surface area contributed by atoms with Gasteiger partial charge in [-0.25, -0.2) is 4.39 Å². The van der Waals surface area contributed by atoms with Crippen LogP contribution in [0.1, 0.15) is 5.56 Å². The summed E-state index contributed by atoms with van der Waals surface area (Å²) in [4.78, 5) is 12.0. The van der Waals surface area contributed by atoms with Gasteiger partial charge in [0.15, 0.2) is 0 Å². The zero-order valence-corrected chi connectivity index (χ0v) is 12.4. The minimum absolute atomic E-state index is 0.0255. The first-order chi connectivity index (χ1) is 9.60. The normalized spacial score (nSPS) is 10.2. The molecule has 20 heavy (non-hydrogen) atoms. The SMILES string of the molecule is COc1ccc(Br)cc1NC(=O)Cc1ccccc1F. The molecule has 0 atom stereocenters. The fourth-order valence-electron chi connectivity index (χ4n) is 1.79. The molecule has 0 aliphatic carbocycles. The highest BCUT2D eigenvalue weighted by Gasteiger charge is 2.11. The third-order valence-corrected chi connectivity index (χ3v) is 3.24. The van der Waals surface area contributed by atoms with Crippen LogP contribution in [-0.2, 0) is 11.2 Å². The standard InChI is InChI=1S/C15H13BrFNO2/c1-20-14-7-6-11(16)9-13(14)18-15(19)8-10-4-2-3-5-12(10)17/h2-7,9H,8H2,1H3,(H,18,19). The zero-order valence-electron chi connectivity index (χ0n) is 10.8. The van der Waals surface area contributed by atoms with E-state index in [-0.39, 0.29) is 18.1 Å². The van der Waals surface area contributed by atoms with E-state index in [9.17, 15) is 9.18 Å². The molecule has 0 radical (unpaired) electrons. The summed E-state index contributed by atoms with van der Waals surface area (Å²) in [7, 11) is 1.52. The van der Waals surface area contributed by atoms with E-state index in [1.807, 2.05) is 6.07 Å². The second-order valence-corrected chi connectivity index (χ2v) is 5.08. The topological polar surface area (TPSA) is 38.3 Å². The van der Waals surface area contributed by atoms with Crippen molar-refractivity contribution in [2.24, 2.45) is 0 Å². The number of carbonyl (C=O) groups excluding carboxylic acids is 1. The van der Waals surface area contributed by atoms with Gasteiger partial charge in [0.1, 0.15) is 11.6 Å². The second kappa shape index (κ2) is 6.52. The van der Waals surface area contributed by atoms with Crippen LogP contribution >= 0.6 is 15.9 Å². The second-order valence-electron chi connectivity index (χ2n) is 4.16. The van der Waals surface area contributed by atoms with E-state index in [4.69, 9.17) is 4.74 Å². The number of hydrogen-bond donors (Lipinski definition) is 1. The van der Waals surface area contributed by atoms with Crippen LogP contribution in [-0.4, -0.2) is 13.0 Å². The summed E-state index contributed by atoms with van der Waals surface area (Å²) < 4.78 is 19.5. The smallest absolute Gasteiger partial charge is 0.229 e. The van der Waals surface area contributed by atoms with E-state index >= 15 is 0 Å². The Morgan fingerprint density at radius 1 is 1.30 bits per heavy atom. The number of amides is 1. The molecule has 0 unspecified atom stereocenters. The van der Waals surface area contributed by atoms with Gasteiger partial charge in [0.25, 0.3) is 0 Å². The Hall–Kier alpha value is -1.88. The van der Waals surface area contributed by atoms with Crippen LogP contribution in [0, 0.1) is 5.82 Å². The Labute approximate surface area is 124 Å². The van der Waals surface area contributed by atoms with Crippen molar-refractivity contribution in [2.75, 3.05) is 12.4 Å². The number of ether oxygens (including phenoxy) is 1. The van der Waals surface area contributed by atoms with Crippen molar-refractivity contribution in [3.8, 4) is 5.75 Å². The summed E-state index contributed by atoms with van der Waals surface area (Å²) in [6.45, 7) is 0. The van der Waals surface area contributed by atoms with Crippen LogP contribution in [0.5, 0.6) is 5.75 Å². The summed E-state index contributed by atoms with van der Waals surface area (Å²) in [6.07, 6.45) is -0.0255. The molecule has 0 saturated heterocycles. The van der Waals surface area contributed by atoms with Gasteiger partial charge in [0.05, 0.1) is 19.2 Å². The Bertz CT molecular complexity index is 631. The molecule has 1 amide bonds. The lowest BCUT2D eigenvalue weighted by Gasteiger charge is -2.11. The van der Waals surface area contributed by atoms with Crippen LogP contribution in [0.3, 0.4) is 0 Å². The molecule has 0 aromatic heterocycles. The molecule has 0 aliphatic rings. The molecule has 0 bridgehead atoms. The minimum atomic E-state index is -0.385. The molecule has 3 nitrogen and oxygen atoms in total. The van der Waals surface area contributed by atoms with Gasteiger partial charge < -0.3 is 10.1 Å². The van der Waals surface area contributed by atoms with Crippen LogP contribution in [0.4, 0.5) is 10.1 Å². The first-order valence-corrected chi connectivity index (χ1v) is 6.76. The highest BCUT2D eigenvalue weighted by molar-refractivity contribution is 9.10. The molecule has 104 valence electrons. The number of methoxy groups -OCH3 is 1. The van der Waals surface area contributed by atoms with Crippen molar-refractivity contribution < 1.29 is 13.9 Å². The van der Waals surface area contributed by atoms with Crippen LogP contribution < -0.4 is 10.1 Å². The minimum Gasteiger partial charge on any atom is -0.495 e. The van der Waals surface area contributed by atoms with Gasteiger partial charge in [-0.05, 0) is 29.8 Å². The fraction of sp³-hybridized carbons (Fsp3) is 0.133. The summed E-state index contributed by atoms with van der Waals surface area (Å²) in [5.74, 6) is -0.134. The molecule has 0 heterocycles. The van der Waals surface area contributed by atoms with Crippen molar-refractivity contribution in [1.29, 1.82) is 0 Å². The molecule has 0 spiro atoms. The summed E-state index contributed by atoms with van der Waals surface area (Å²) in [5, 5.41) is 2.72. The van der Waals surface area contributed by atoms with Gasteiger partial charge in [-0.2, -0.15) is 0 Å². The summed E-state index contributed by atoms with van der Waals surface area (Å²) >= 11 is 3.33. The largest absolute Gasteiger partial charge is 0.495 e. The molecule has 2 aromatic carbocycles. The van der Waals surface area contributed by atoms with E-state index in [1.54, 1.807) is 30.3 Å². The lowest BCUT2D eigenvalue weighted by atomic mass is 10.1. The molecule has 2 aromatic rings. The highest BCUT2D eigenvalue weighted by atomic mass is 79.9. The Morgan fingerprint density at radius 2 is 2.05 bits per heavy atom. The monoisotopic (exact) mass is 337 g/mol. The molecule has 2 rings (SSSR count). The quantitative estimate of drug-likeness (QED) is 0.921. The molecule has 5 heteroatoms. The number of anilines is 1. The number of carbonyl (C=O) groups is 1. The first kappa shape index (κ1) is 14.5. The summed E-state index contributed by atoms with van der Waals surface area (Å²) in [6, 6.07) is 11.5. The molecule has 1 N–H and O–H groups in total. The van der Waals surface area contributed by atoms with Crippen molar-refractivity contribution in [2.45, 2.75) is 6.42 Å². The highest BCUT2D eigenvalue weighted by Crippen LogP contribution is 2.28. The van der Waals surface area contributed by atoms with Crippen LogP contribution in [0.2, 0.25) is 0 Å². The third kappa shape index (κ3) is 3.57. The average Bonchev–Trinajstić information content (AvgIpc) is 2.41. The van der Waals surface area contributed by atoms with Gasteiger partial charge in [0.2, 0.25) is 5.91 Å². The molecule has 0 saturated carbocycles. The van der Waals surface area contributed by atoms with Crippen LogP contribution in [0.25, 0.3) is 0 Å². The lowest BCUT2D eigenvalue weighted by Crippen LogP contribution is -2.15. The zero-order chi connectivity index (χ0) is 14.5. The van der Waals surface area contributed by atoms with Gasteiger partial charge >= 0.3 is 0 Å². The first-order valence-electron chi connectivity index (χ1n) is 5.97. The van der Waals surface area contributed by atoms with E-state index < -0.39 is 0 Å². The maximum Gasteiger partial charge on any atom is 0.229 e. The number of rotatable bonds is 4. The number of benzene rings is 2. The molecule has 0 aliphatic heterocycles. The molecule has 0 fully saturated rings. The third-order valence-electron chi connectivity index (χ3n) is 2.74. The van der Waals surface area contributed by atoms with Gasteiger partial charge in [-0.3, -0.25) is 4.79 Å². The Kier molecular flexibility index (Phi) is 4.74. The van der Waals surface area contributed by atoms with Crippen molar-refractivity contribution in [3.63, 3.8) is 0 Å². The predicted molar refractivity (Wildman–Crippen MR) is 79.4 cm³/mol. The van der Waals surface area contributed by atoms with Crippen molar-refractivity contribution >= 4 is 27.5 Å². The number of halogens is 2.